The molecule has 334 valence electrons. The van der Waals surface area contributed by atoms with Crippen LogP contribution in [-0.4, -0.2) is 78.2 Å². The number of fused-ring (bicyclic) bond motifs is 1. The van der Waals surface area contributed by atoms with Crippen LogP contribution in [-0.2, 0) is 52.5 Å². The van der Waals surface area contributed by atoms with Gasteiger partial charge in [-0.1, -0.05) is 12.1 Å². The van der Waals surface area contributed by atoms with Gasteiger partial charge in [0.25, 0.3) is 0 Å². The summed E-state index contributed by atoms with van der Waals surface area (Å²) in [4.78, 5) is 90.9. The maximum absolute atomic E-state index is 15.8. The molecule has 0 aromatic rings. The monoisotopic (exact) mass is 840 g/mol. The van der Waals surface area contributed by atoms with Crippen LogP contribution in [0.15, 0.2) is 5.16 Å². The summed E-state index contributed by atoms with van der Waals surface area (Å²) in [6.45, 7) is 16.2. The Balaban J connectivity index is 1.26. The number of carbonyl (C=O) groups excluding carboxylic acids is 6. The first kappa shape index (κ1) is 44.3. The predicted octanol–water partition coefficient (Wildman–Crippen LogP) is 7.23. The smallest absolute Gasteiger partial charge is 0.433 e. The highest BCUT2D eigenvalue weighted by Gasteiger charge is 2.75. The summed E-state index contributed by atoms with van der Waals surface area (Å²) >= 11 is 0. The molecule has 60 heavy (non-hydrogen) atoms. The molecule has 0 aromatic carbocycles. The predicted molar refractivity (Wildman–Crippen MR) is 217 cm³/mol. The van der Waals surface area contributed by atoms with Crippen molar-refractivity contribution in [2.75, 3.05) is 13.2 Å². The maximum Gasteiger partial charge on any atom is 0.433 e. The number of hydrogen-bond acceptors (Lipinski definition) is 13. The van der Waals surface area contributed by atoms with Crippen molar-refractivity contribution in [3.8, 4) is 0 Å². The standard InChI is InChI=1S/C46H68N2O12/c1-11-25(2)48-60-40(54)47-16-17-55-38(52)45(9,41(3,4)36(50)57-33-28-23-31-32(24-28)35(49)56-34(31)33)46(10,42(5,6)37(51)58-43(7)14-12-13-15-43)39(53)59-44(8)29-19-26-18-27(21-29)22-30(44)20-26/h26-34H,11-24H2,1-10H3,(H,47,54)/b48-25-. The van der Waals surface area contributed by atoms with E-state index in [0.717, 1.165) is 38.5 Å². The minimum Gasteiger partial charge on any atom is -0.463 e. The van der Waals surface area contributed by atoms with Crippen molar-refractivity contribution in [2.24, 2.45) is 68.2 Å². The molecule has 7 saturated carbocycles. The summed E-state index contributed by atoms with van der Waals surface area (Å²) in [5.74, 6) is -2.56. The first-order valence-corrected chi connectivity index (χ1v) is 22.6. The Kier molecular flexibility index (Phi) is 11.5. The molecule has 0 spiro atoms. The Morgan fingerprint density at radius 1 is 0.783 bits per heavy atom. The van der Waals surface area contributed by atoms with Crippen molar-refractivity contribution in [2.45, 2.75) is 170 Å². The molecule has 1 heterocycles. The van der Waals surface area contributed by atoms with Crippen LogP contribution >= 0.6 is 0 Å². The third-order valence-electron chi connectivity index (χ3n) is 17.5. The SMILES string of the molecule is CC/C(C)=N\OC(=O)NCCOC(=O)C(C)(C(C)(C)C(=O)OC1C2CC3C(=O)OC1C3C2)C(C)(C(=O)OC1(C)C2CC3CC(C2)CC1C3)C(C)(C)C(=O)OC1(C)CCCC1. The highest BCUT2D eigenvalue weighted by molar-refractivity contribution is 5.98. The molecule has 0 aromatic heterocycles. The second-order valence-corrected chi connectivity index (χ2v) is 21.3. The minimum absolute atomic E-state index is 0.0526. The topological polar surface area (TPSA) is 182 Å². The molecule has 7 unspecified atom stereocenters. The number of nitrogens with one attached hydrogen (secondary N) is 1. The third kappa shape index (κ3) is 7.01. The summed E-state index contributed by atoms with van der Waals surface area (Å²) in [7, 11) is 0. The normalized spacial score (nSPS) is 35.5. The summed E-state index contributed by atoms with van der Waals surface area (Å²) in [5.41, 5.74) is -9.01. The van der Waals surface area contributed by atoms with Gasteiger partial charge in [0.2, 0.25) is 0 Å². The zero-order chi connectivity index (χ0) is 43.8. The van der Waals surface area contributed by atoms with Crippen LogP contribution in [0.4, 0.5) is 4.79 Å². The van der Waals surface area contributed by atoms with E-state index in [4.69, 9.17) is 28.5 Å². The second kappa shape index (κ2) is 15.6. The molecule has 1 aliphatic heterocycles. The first-order valence-electron chi connectivity index (χ1n) is 22.6. The van der Waals surface area contributed by atoms with Crippen LogP contribution in [0.2, 0.25) is 0 Å². The van der Waals surface area contributed by atoms with Gasteiger partial charge in [-0.15, -0.1) is 0 Å². The highest BCUT2D eigenvalue weighted by atomic mass is 16.7. The summed E-state index contributed by atoms with van der Waals surface area (Å²) in [5, 5.41) is 6.27. The minimum atomic E-state index is -2.18. The van der Waals surface area contributed by atoms with Gasteiger partial charge >= 0.3 is 35.9 Å². The van der Waals surface area contributed by atoms with E-state index in [1.54, 1.807) is 20.8 Å². The Hall–Kier alpha value is -3.71. The van der Waals surface area contributed by atoms with Crippen molar-refractivity contribution in [1.29, 1.82) is 0 Å². The molecule has 14 nitrogen and oxygen atoms in total. The number of rotatable bonds is 15. The number of ether oxygens (including phenoxy) is 5. The van der Waals surface area contributed by atoms with Crippen LogP contribution in [0.5, 0.6) is 0 Å². The van der Waals surface area contributed by atoms with Crippen LogP contribution < -0.4 is 5.32 Å². The van der Waals surface area contributed by atoms with Crippen molar-refractivity contribution in [1.82, 2.24) is 5.32 Å². The Labute approximate surface area is 354 Å². The van der Waals surface area contributed by atoms with Crippen molar-refractivity contribution in [3.05, 3.63) is 0 Å². The molecule has 8 fully saturated rings. The molecule has 8 aliphatic rings. The van der Waals surface area contributed by atoms with Gasteiger partial charge in [0.1, 0.15) is 30.0 Å². The van der Waals surface area contributed by atoms with E-state index in [-0.39, 0.29) is 48.7 Å². The molecule has 1 amide bonds. The molecule has 14 heteroatoms. The number of nitrogens with zero attached hydrogens (tertiary/aromatic N) is 1. The van der Waals surface area contributed by atoms with E-state index >= 15 is 14.4 Å². The average Bonchev–Trinajstić information content (AvgIpc) is 3.95. The molecular formula is C46H68N2O12. The summed E-state index contributed by atoms with van der Waals surface area (Å²) in [6.07, 6.45) is 7.60. The second-order valence-electron chi connectivity index (χ2n) is 21.3. The lowest BCUT2D eigenvalue weighted by atomic mass is 9.45. The van der Waals surface area contributed by atoms with Gasteiger partial charge in [0.05, 0.1) is 39.8 Å². The van der Waals surface area contributed by atoms with E-state index < -0.39 is 75.0 Å². The largest absolute Gasteiger partial charge is 0.463 e. The lowest BCUT2D eigenvalue weighted by Crippen LogP contribution is -2.69. The van der Waals surface area contributed by atoms with Crippen molar-refractivity contribution >= 4 is 41.7 Å². The molecule has 1 saturated heterocycles. The van der Waals surface area contributed by atoms with Gasteiger partial charge in [0.15, 0.2) is 0 Å². The van der Waals surface area contributed by atoms with Gasteiger partial charge in [-0.25, -0.2) is 4.79 Å². The number of oxime groups is 1. The lowest BCUT2D eigenvalue weighted by molar-refractivity contribution is -0.242. The van der Waals surface area contributed by atoms with Crippen molar-refractivity contribution in [3.63, 3.8) is 0 Å². The Morgan fingerprint density at radius 3 is 1.97 bits per heavy atom. The molecule has 7 aliphatic carbocycles. The van der Waals surface area contributed by atoms with Gasteiger partial charge in [-0.3, -0.25) is 28.8 Å². The van der Waals surface area contributed by atoms with Crippen LogP contribution in [0, 0.1) is 63.1 Å². The molecule has 8 rings (SSSR count). The van der Waals surface area contributed by atoms with E-state index in [1.807, 2.05) is 20.8 Å². The number of amides is 1. The molecule has 0 radical (unpaired) electrons. The fourth-order valence-electron chi connectivity index (χ4n) is 12.7. The molecule has 6 bridgehead atoms. The average molecular weight is 841 g/mol. The fourth-order valence-corrected chi connectivity index (χ4v) is 12.7. The van der Waals surface area contributed by atoms with Crippen molar-refractivity contribution < 1.29 is 57.3 Å². The Morgan fingerprint density at radius 2 is 1.37 bits per heavy atom. The first-order chi connectivity index (χ1) is 28.0. The van der Waals surface area contributed by atoms with E-state index in [2.05, 4.69) is 10.5 Å². The zero-order valence-electron chi connectivity index (χ0n) is 37.4. The quantitative estimate of drug-likeness (QED) is 0.0437. The third-order valence-corrected chi connectivity index (χ3v) is 17.5. The van der Waals surface area contributed by atoms with E-state index in [1.165, 1.54) is 34.1 Å². The van der Waals surface area contributed by atoms with Crippen LogP contribution in [0.25, 0.3) is 0 Å². The molecular weight excluding hydrogens is 773 g/mol. The molecule has 1 N–H and O–H groups in total. The van der Waals surface area contributed by atoms with Crippen LogP contribution in [0.3, 0.4) is 0 Å². The number of hydrogen-bond donors (Lipinski definition) is 1. The zero-order valence-corrected chi connectivity index (χ0v) is 37.4. The maximum atomic E-state index is 15.8. The fraction of sp³-hybridized carbons (Fsp3) is 0.848. The van der Waals surface area contributed by atoms with Gasteiger partial charge in [-0.05, 0) is 163 Å². The Bertz CT molecular complexity index is 1770. The van der Waals surface area contributed by atoms with Gasteiger partial charge < -0.3 is 29.0 Å². The van der Waals surface area contributed by atoms with Gasteiger partial charge in [0, 0.05) is 11.8 Å². The summed E-state index contributed by atoms with van der Waals surface area (Å²) < 4.78 is 31.3. The summed E-state index contributed by atoms with van der Waals surface area (Å²) in [6, 6.07) is 0. The van der Waals surface area contributed by atoms with Crippen LogP contribution in [0.1, 0.15) is 146 Å². The number of esters is 5. The lowest BCUT2D eigenvalue weighted by Gasteiger charge is -2.61. The van der Waals surface area contributed by atoms with Gasteiger partial charge in [-0.2, -0.15) is 0 Å². The highest BCUT2D eigenvalue weighted by Crippen LogP contribution is 2.65. The molecule has 7 atom stereocenters. The van der Waals surface area contributed by atoms with E-state index in [0.29, 0.717) is 49.7 Å². The van der Waals surface area contributed by atoms with E-state index in [9.17, 15) is 14.4 Å². The number of carbonyl (C=O) groups is 6.